The first-order valence-electron chi connectivity index (χ1n) is 9.96. The average Bonchev–Trinajstić information content (AvgIpc) is 3.21. The van der Waals surface area contributed by atoms with Gasteiger partial charge < -0.3 is 10.5 Å². The van der Waals surface area contributed by atoms with Crippen LogP contribution in [0, 0.1) is 0 Å². The van der Waals surface area contributed by atoms with Gasteiger partial charge >= 0.3 is 5.97 Å². The fraction of sp³-hybridized carbons (Fsp3) is 0.333. The monoisotopic (exact) mass is 459 g/mol. The van der Waals surface area contributed by atoms with Crippen molar-refractivity contribution in [3.63, 3.8) is 0 Å². The van der Waals surface area contributed by atoms with E-state index in [2.05, 4.69) is 0 Å². The van der Waals surface area contributed by atoms with Crippen LogP contribution in [0.15, 0.2) is 57.7 Å². The first-order valence-corrected chi connectivity index (χ1v) is 12.3. The van der Waals surface area contributed by atoms with Gasteiger partial charge in [-0.15, -0.1) is 11.3 Å². The number of thiophene rings is 1. The predicted octanol–water partition coefficient (Wildman–Crippen LogP) is 2.13. The lowest BCUT2D eigenvalue weighted by atomic mass is 10.1. The molecule has 5 rings (SSSR count). The summed E-state index contributed by atoms with van der Waals surface area (Å²) in [4.78, 5) is 25.6. The predicted molar refractivity (Wildman–Crippen MR) is 116 cm³/mol. The summed E-state index contributed by atoms with van der Waals surface area (Å²) in [7, 11) is -3.81. The molecule has 1 spiro atoms. The summed E-state index contributed by atoms with van der Waals surface area (Å²) in [5, 5.41) is 2.37. The molecule has 0 unspecified atom stereocenters. The van der Waals surface area contributed by atoms with Crippen molar-refractivity contribution >= 4 is 38.1 Å². The lowest BCUT2D eigenvalue weighted by molar-refractivity contribution is 0.0373. The van der Waals surface area contributed by atoms with Gasteiger partial charge in [0.25, 0.3) is 5.56 Å². The maximum Gasteiger partial charge on any atom is 0.350 e. The van der Waals surface area contributed by atoms with E-state index in [1.807, 2.05) is 0 Å². The lowest BCUT2D eigenvalue weighted by Gasteiger charge is -2.26. The van der Waals surface area contributed by atoms with Gasteiger partial charge in [-0.05, 0) is 48.9 Å². The largest absolute Gasteiger partial charge is 0.440 e. The zero-order valence-corrected chi connectivity index (χ0v) is 18.2. The van der Waals surface area contributed by atoms with E-state index in [4.69, 9.17) is 10.5 Å². The number of sulfonamides is 1. The number of hydrogen-bond acceptors (Lipinski definition) is 7. The van der Waals surface area contributed by atoms with Gasteiger partial charge in [-0.25, -0.2) is 13.2 Å². The van der Waals surface area contributed by atoms with E-state index in [0.717, 1.165) is 12.8 Å². The third-order valence-corrected chi connectivity index (χ3v) is 9.08. The number of nitrogens with two attached hydrogens (primary N) is 1. The third kappa shape index (κ3) is 3.21. The van der Waals surface area contributed by atoms with Crippen LogP contribution in [0.4, 0.5) is 0 Å². The van der Waals surface area contributed by atoms with E-state index < -0.39 is 27.1 Å². The molecule has 162 valence electrons. The second-order valence-electron chi connectivity index (χ2n) is 7.92. The zero-order chi connectivity index (χ0) is 21.8. The van der Waals surface area contributed by atoms with E-state index in [0.29, 0.717) is 23.2 Å². The van der Waals surface area contributed by atoms with Crippen molar-refractivity contribution in [2.45, 2.75) is 42.5 Å². The number of hydrogen-bond donors (Lipinski definition) is 1. The molecule has 2 N–H and O–H groups in total. The Morgan fingerprint density at radius 3 is 2.71 bits per heavy atom. The number of nitrogens with zero attached hydrogens (tertiary/aromatic N) is 2. The molecule has 1 aromatic carbocycles. The van der Waals surface area contributed by atoms with Crippen LogP contribution >= 0.6 is 11.3 Å². The highest BCUT2D eigenvalue weighted by molar-refractivity contribution is 7.89. The summed E-state index contributed by atoms with van der Waals surface area (Å²) in [6.45, 7) is 0.127. The normalized spacial score (nSPS) is 20.4. The number of esters is 1. The van der Waals surface area contributed by atoms with Gasteiger partial charge in [0.2, 0.25) is 10.0 Å². The van der Waals surface area contributed by atoms with E-state index in [1.165, 1.54) is 32.5 Å². The molecule has 1 saturated heterocycles. The summed E-state index contributed by atoms with van der Waals surface area (Å²) in [5.74, 6) is -0.515. The Bertz CT molecular complexity index is 1330. The SMILES string of the molecule is N[C@H]1CCN(S(=O)(=O)c2cccc3c(=O)n(COC(=O)c4cccs4)ccc23)C12CC2. The lowest BCUT2D eigenvalue weighted by Crippen LogP contribution is -2.44. The van der Waals surface area contributed by atoms with Crippen LogP contribution in [0.1, 0.15) is 28.9 Å². The fourth-order valence-corrected chi connectivity index (χ4v) is 7.07. The first kappa shape index (κ1) is 20.4. The fourth-order valence-electron chi connectivity index (χ4n) is 4.37. The molecule has 31 heavy (non-hydrogen) atoms. The molecule has 0 amide bonds. The minimum Gasteiger partial charge on any atom is -0.440 e. The third-order valence-electron chi connectivity index (χ3n) is 6.20. The quantitative estimate of drug-likeness (QED) is 0.585. The average molecular weight is 460 g/mol. The minimum absolute atomic E-state index is 0.102. The molecule has 1 saturated carbocycles. The molecule has 1 atom stereocenters. The molecule has 1 aliphatic heterocycles. The Balaban J connectivity index is 1.48. The van der Waals surface area contributed by atoms with Crippen molar-refractivity contribution in [2.75, 3.05) is 6.54 Å². The Kier molecular flexibility index (Phi) is 4.78. The van der Waals surface area contributed by atoms with Gasteiger partial charge in [-0.1, -0.05) is 12.1 Å². The van der Waals surface area contributed by atoms with Crippen LogP contribution in [0.2, 0.25) is 0 Å². The van der Waals surface area contributed by atoms with E-state index in [9.17, 15) is 18.0 Å². The van der Waals surface area contributed by atoms with Gasteiger partial charge in [0.05, 0.1) is 10.4 Å². The summed E-state index contributed by atoms with van der Waals surface area (Å²) in [6, 6.07) is 9.48. The van der Waals surface area contributed by atoms with E-state index >= 15 is 0 Å². The molecule has 3 aromatic rings. The summed E-state index contributed by atoms with van der Waals surface area (Å²) >= 11 is 1.25. The van der Waals surface area contributed by atoms with Crippen molar-refractivity contribution in [2.24, 2.45) is 5.73 Å². The van der Waals surface area contributed by atoms with Crippen LogP contribution < -0.4 is 11.3 Å². The number of ether oxygens (including phenoxy) is 1. The second-order valence-corrected chi connectivity index (χ2v) is 10.7. The van der Waals surface area contributed by atoms with Gasteiger partial charge in [0.1, 0.15) is 4.88 Å². The number of fused-ring (bicyclic) bond motifs is 1. The smallest absolute Gasteiger partial charge is 0.350 e. The minimum atomic E-state index is -3.81. The Labute approximate surface area is 182 Å². The number of pyridine rings is 1. The molecule has 1 aliphatic carbocycles. The molecule has 8 nitrogen and oxygen atoms in total. The van der Waals surface area contributed by atoms with Crippen molar-refractivity contribution < 1.29 is 17.9 Å². The zero-order valence-electron chi connectivity index (χ0n) is 16.6. The Hall–Kier alpha value is -2.53. The first-order chi connectivity index (χ1) is 14.8. The summed E-state index contributed by atoms with van der Waals surface area (Å²) in [6.07, 6.45) is 3.61. The number of aromatic nitrogens is 1. The molecular weight excluding hydrogens is 438 g/mol. The molecule has 0 bridgehead atoms. The highest BCUT2D eigenvalue weighted by Gasteiger charge is 2.60. The molecule has 2 fully saturated rings. The van der Waals surface area contributed by atoms with E-state index in [-0.39, 0.29) is 23.1 Å². The van der Waals surface area contributed by atoms with Crippen LogP contribution in [-0.2, 0) is 21.5 Å². The van der Waals surface area contributed by atoms with Crippen molar-refractivity contribution in [1.29, 1.82) is 0 Å². The number of carbonyl (C=O) groups is 1. The standard InChI is InChI=1S/C21H21N3O5S2/c22-18-7-11-24(21(18)8-9-21)31(27,28)17-5-1-3-15-14(17)6-10-23(19(15)25)13-29-20(26)16-4-2-12-30-16/h1-6,10,12,18H,7-9,11,13,22H2/t18-/m0/s1. The molecule has 2 aromatic heterocycles. The molecule has 3 heterocycles. The Morgan fingerprint density at radius 1 is 1.19 bits per heavy atom. The summed E-state index contributed by atoms with van der Waals surface area (Å²) < 4.78 is 35.0. The molecule has 0 radical (unpaired) electrons. The van der Waals surface area contributed by atoms with Crippen molar-refractivity contribution in [3.8, 4) is 0 Å². The van der Waals surface area contributed by atoms with Gasteiger partial charge in [-0.3, -0.25) is 9.36 Å². The second kappa shape index (κ2) is 7.27. The van der Waals surface area contributed by atoms with Gasteiger partial charge in [0, 0.05) is 29.6 Å². The summed E-state index contributed by atoms with van der Waals surface area (Å²) in [5.41, 5.74) is 5.29. The number of benzene rings is 1. The molecule has 10 heteroatoms. The highest BCUT2D eigenvalue weighted by Crippen LogP contribution is 2.51. The Morgan fingerprint density at radius 2 is 2.00 bits per heavy atom. The number of carbonyl (C=O) groups excluding carboxylic acids is 1. The van der Waals surface area contributed by atoms with Gasteiger partial charge in [-0.2, -0.15) is 4.31 Å². The maximum atomic E-state index is 13.5. The maximum absolute atomic E-state index is 13.5. The van der Waals surface area contributed by atoms with Crippen LogP contribution in [0.3, 0.4) is 0 Å². The van der Waals surface area contributed by atoms with Crippen LogP contribution in [0.25, 0.3) is 10.8 Å². The van der Waals surface area contributed by atoms with Crippen LogP contribution in [0.5, 0.6) is 0 Å². The van der Waals surface area contributed by atoms with Gasteiger partial charge in [0.15, 0.2) is 6.73 Å². The van der Waals surface area contributed by atoms with Crippen molar-refractivity contribution in [1.82, 2.24) is 8.87 Å². The molecule has 2 aliphatic rings. The van der Waals surface area contributed by atoms with Crippen LogP contribution in [-0.4, -0.2) is 41.4 Å². The molecular formula is C21H21N3O5S2. The topological polar surface area (TPSA) is 112 Å². The van der Waals surface area contributed by atoms with E-state index in [1.54, 1.807) is 35.7 Å². The number of rotatable bonds is 5. The van der Waals surface area contributed by atoms with Crippen molar-refractivity contribution in [3.05, 3.63) is 63.2 Å². The highest BCUT2D eigenvalue weighted by atomic mass is 32.2.